The van der Waals surface area contributed by atoms with Gasteiger partial charge in [0.2, 0.25) is 0 Å². The molecule has 1 aliphatic rings. The lowest BCUT2D eigenvalue weighted by Gasteiger charge is -2.16. The molecule has 0 fully saturated rings. The van der Waals surface area contributed by atoms with Crippen molar-refractivity contribution in [3.05, 3.63) is 112 Å². The predicted molar refractivity (Wildman–Crippen MR) is 117 cm³/mol. The number of hydrogen-bond donors (Lipinski definition) is 0. The van der Waals surface area contributed by atoms with Gasteiger partial charge in [-0.25, -0.2) is 4.39 Å². The third-order valence-corrected chi connectivity index (χ3v) is 5.71. The highest BCUT2D eigenvalue weighted by Crippen LogP contribution is 2.27. The van der Waals surface area contributed by atoms with E-state index in [1.165, 1.54) is 23.0 Å². The summed E-state index contributed by atoms with van der Waals surface area (Å²) in [7, 11) is 0. The Kier molecular flexibility index (Phi) is 5.07. The number of nitrogens with zero attached hydrogens (tertiary/aromatic N) is 4. The number of carbonyl (C=O) groups is 3. The van der Waals surface area contributed by atoms with Crippen LogP contribution in [-0.4, -0.2) is 37.3 Å². The first-order valence-corrected chi connectivity index (χ1v) is 10.3. The average molecular weight is 461 g/mol. The van der Waals surface area contributed by atoms with Gasteiger partial charge in [0.1, 0.15) is 12.1 Å². The number of halogens is 2. The molecule has 0 aliphatic carbocycles. The molecule has 162 valence electrons. The highest BCUT2D eigenvalue weighted by Gasteiger charge is 2.36. The fourth-order valence-electron chi connectivity index (χ4n) is 3.78. The molecule has 33 heavy (non-hydrogen) atoms. The van der Waals surface area contributed by atoms with Crippen LogP contribution in [0.15, 0.2) is 73.1 Å². The zero-order valence-electron chi connectivity index (χ0n) is 16.9. The maximum Gasteiger partial charge on any atom is 0.261 e. The van der Waals surface area contributed by atoms with Crippen LogP contribution in [0.3, 0.4) is 0 Å². The van der Waals surface area contributed by atoms with Crippen molar-refractivity contribution in [2.45, 2.75) is 6.54 Å². The Hall–Kier alpha value is -4.17. The SMILES string of the molecule is O=C(c1ccccc1Cl)c1cc(F)ccc1-n1cnnc1CN1C(=O)c2ccccc2C1=O. The van der Waals surface area contributed by atoms with Crippen LogP contribution in [-0.2, 0) is 6.54 Å². The highest BCUT2D eigenvalue weighted by molar-refractivity contribution is 6.35. The number of ketones is 1. The summed E-state index contributed by atoms with van der Waals surface area (Å²) in [6, 6.07) is 16.7. The van der Waals surface area contributed by atoms with Crippen molar-refractivity contribution in [3.8, 4) is 5.69 Å². The van der Waals surface area contributed by atoms with Crippen LogP contribution in [0.1, 0.15) is 42.5 Å². The maximum atomic E-state index is 14.1. The summed E-state index contributed by atoms with van der Waals surface area (Å²) in [6.45, 7) is -0.177. The van der Waals surface area contributed by atoms with Crippen molar-refractivity contribution >= 4 is 29.2 Å². The summed E-state index contributed by atoms with van der Waals surface area (Å²) in [5.41, 5.74) is 1.15. The number of aromatic nitrogens is 3. The molecular weight excluding hydrogens is 447 g/mol. The molecule has 9 heteroatoms. The third kappa shape index (κ3) is 3.50. The van der Waals surface area contributed by atoms with Crippen LogP contribution in [0, 0.1) is 5.82 Å². The van der Waals surface area contributed by atoms with E-state index in [9.17, 15) is 18.8 Å². The van der Waals surface area contributed by atoms with Crippen LogP contribution in [0.5, 0.6) is 0 Å². The second kappa shape index (κ2) is 8.07. The first kappa shape index (κ1) is 20.7. The van der Waals surface area contributed by atoms with E-state index in [4.69, 9.17) is 11.6 Å². The van der Waals surface area contributed by atoms with Gasteiger partial charge in [-0.3, -0.25) is 23.9 Å². The van der Waals surface area contributed by atoms with Gasteiger partial charge in [0.25, 0.3) is 11.8 Å². The molecule has 1 aliphatic heterocycles. The minimum absolute atomic E-state index is 0.0338. The molecule has 0 N–H and O–H groups in total. The number of rotatable bonds is 5. The average Bonchev–Trinajstić information content (AvgIpc) is 3.38. The Balaban J connectivity index is 1.54. The number of hydrogen-bond acceptors (Lipinski definition) is 5. The van der Waals surface area contributed by atoms with Crippen LogP contribution >= 0.6 is 11.6 Å². The Labute approximate surface area is 192 Å². The highest BCUT2D eigenvalue weighted by atomic mass is 35.5. The third-order valence-electron chi connectivity index (χ3n) is 5.38. The number of imide groups is 1. The second-order valence-electron chi connectivity index (χ2n) is 7.33. The zero-order valence-corrected chi connectivity index (χ0v) is 17.7. The van der Waals surface area contributed by atoms with Gasteiger partial charge in [-0.1, -0.05) is 35.9 Å². The number of amides is 2. The molecular formula is C24H14ClFN4O3. The zero-order chi connectivity index (χ0) is 23.1. The van der Waals surface area contributed by atoms with Crippen LogP contribution in [0.25, 0.3) is 5.69 Å². The van der Waals surface area contributed by atoms with E-state index < -0.39 is 23.4 Å². The molecule has 0 bridgehead atoms. The van der Waals surface area contributed by atoms with E-state index in [1.807, 2.05) is 0 Å². The van der Waals surface area contributed by atoms with Crippen molar-refractivity contribution in [2.75, 3.05) is 0 Å². The van der Waals surface area contributed by atoms with Crippen molar-refractivity contribution in [3.63, 3.8) is 0 Å². The minimum Gasteiger partial charge on any atom is -0.288 e. The summed E-state index contributed by atoms with van der Waals surface area (Å²) < 4.78 is 15.6. The normalized spacial score (nSPS) is 12.8. The summed E-state index contributed by atoms with van der Waals surface area (Å²) >= 11 is 6.18. The van der Waals surface area contributed by atoms with Crippen molar-refractivity contribution in [2.24, 2.45) is 0 Å². The van der Waals surface area contributed by atoms with Gasteiger partial charge in [0.05, 0.1) is 28.4 Å². The molecule has 0 spiro atoms. The molecule has 0 unspecified atom stereocenters. The van der Waals surface area contributed by atoms with E-state index >= 15 is 0 Å². The lowest BCUT2D eigenvalue weighted by molar-refractivity contribution is 0.0637. The molecule has 7 nitrogen and oxygen atoms in total. The topological polar surface area (TPSA) is 85.2 Å². The molecule has 4 aromatic rings. The first-order chi connectivity index (χ1) is 16.0. The molecule has 5 rings (SSSR count). The summed E-state index contributed by atoms with van der Waals surface area (Å²) in [5.74, 6) is -1.77. The molecule has 0 atom stereocenters. The number of fused-ring (bicyclic) bond motifs is 1. The van der Waals surface area contributed by atoms with Crippen molar-refractivity contribution in [1.82, 2.24) is 19.7 Å². The fraction of sp³-hybridized carbons (Fsp3) is 0.0417. The largest absolute Gasteiger partial charge is 0.288 e. The quantitative estimate of drug-likeness (QED) is 0.331. The number of carbonyl (C=O) groups excluding carboxylic acids is 3. The Bertz CT molecular complexity index is 1410. The molecule has 0 saturated carbocycles. The standard InChI is InChI=1S/C24H14ClFN4O3/c25-19-8-4-3-7-17(19)22(31)18-11-14(26)9-10-20(18)30-13-27-28-21(30)12-29-23(32)15-5-1-2-6-16(15)24(29)33/h1-11,13H,12H2. The Morgan fingerprint density at radius 2 is 1.58 bits per heavy atom. The molecule has 2 amide bonds. The van der Waals surface area contributed by atoms with Gasteiger partial charge >= 0.3 is 0 Å². The van der Waals surface area contributed by atoms with Gasteiger partial charge in [-0.2, -0.15) is 0 Å². The van der Waals surface area contributed by atoms with Crippen molar-refractivity contribution in [1.29, 1.82) is 0 Å². The van der Waals surface area contributed by atoms with Crippen LogP contribution in [0.4, 0.5) is 4.39 Å². The van der Waals surface area contributed by atoms with E-state index in [1.54, 1.807) is 48.5 Å². The van der Waals surface area contributed by atoms with Gasteiger partial charge in [-0.15, -0.1) is 10.2 Å². The van der Waals surface area contributed by atoms with E-state index in [0.29, 0.717) is 11.1 Å². The van der Waals surface area contributed by atoms with Crippen molar-refractivity contribution < 1.29 is 18.8 Å². The van der Waals surface area contributed by atoms with Gasteiger partial charge in [0, 0.05) is 11.1 Å². The van der Waals surface area contributed by atoms with Crippen LogP contribution in [0.2, 0.25) is 5.02 Å². The Morgan fingerprint density at radius 3 is 2.27 bits per heavy atom. The minimum atomic E-state index is -0.607. The summed E-state index contributed by atoms with van der Waals surface area (Å²) in [5, 5.41) is 8.15. The van der Waals surface area contributed by atoms with Gasteiger partial charge in [0.15, 0.2) is 11.6 Å². The summed E-state index contributed by atoms with van der Waals surface area (Å²) in [6.07, 6.45) is 1.34. The lowest BCUT2D eigenvalue weighted by Crippen LogP contribution is -2.30. The van der Waals surface area contributed by atoms with Crippen LogP contribution < -0.4 is 0 Å². The molecule has 3 aromatic carbocycles. The maximum absolute atomic E-state index is 14.1. The molecule has 0 saturated heterocycles. The second-order valence-corrected chi connectivity index (χ2v) is 7.74. The predicted octanol–water partition coefficient (Wildman–Crippen LogP) is 4.09. The van der Waals surface area contributed by atoms with E-state index in [0.717, 1.165) is 11.0 Å². The first-order valence-electron chi connectivity index (χ1n) is 9.89. The monoisotopic (exact) mass is 460 g/mol. The number of benzene rings is 3. The summed E-state index contributed by atoms with van der Waals surface area (Å²) in [4.78, 5) is 39.8. The molecule has 2 heterocycles. The fourth-order valence-corrected chi connectivity index (χ4v) is 4.00. The van der Waals surface area contributed by atoms with Gasteiger partial charge in [-0.05, 0) is 42.5 Å². The molecule has 1 aromatic heterocycles. The Morgan fingerprint density at radius 1 is 0.909 bits per heavy atom. The smallest absolute Gasteiger partial charge is 0.261 e. The molecule has 0 radical (unpaired) electrons. The van der Waals surface area contributed by atoms with E-state index in [-0.39, 0.29) is 34.2 Å². The van der Waals surface area contributed by atoms with Gasteiger partial charge < -0.3 is 0 Å². The van der Waals surface area contributed by atoms with E-state index in [2.05, 4.69) is 10.2 Å². The lowest BCUT2D eigenvalue weighted by atomic mass is 10.0.